The molecule has 8 nitrogen and oxygen atoms in total. The van der Waals surface area contributed by atoms with E-state index >= 15 is 0 Å². The summed E-state index contributed by atoms with van der Waals surface area (Å²) in [5, 5.41) is 2.61. The molecule has 2 aromatic carbocycles. The molecular weight excluding hydrogens is 402 g/mol. The van der Waals surface area contributed by atoms with E-state index in [2.05, 4.69) is 20.7 Å². The number of hydrogen-bond donors (Lipinski definition) is 3. The summed E-state index contributed by atoms with van der Waals surface area (Å²) in [7, 11) is -7.31. The fourth-order valence-electron chi connectivity index (χ4n) is 2.24. The van der Waals surface area contributed by atoms with Crippen molar-refractivity contribution < 1.29 is 21.6 Å². The largest absolute Gasteiger partial charge is 0.322 e. The zero-order valence-corrected chi connectivity index (χ0v) is 16.8. The number of anilines is 2. The van der Waals surface area contributed by atoms with Crippen molar-refractivity contribution in [2.45, 2.75) is 11.8 Å². The Hall–Kier alpha value is -2.87. The summed E-state index contributed by atoms with van der Waals surface area (Å²) in [6.07, 6.45) is 6.08. The zero-order chi connectivity index (χ0) is 20.9. The van der Waals surface area contributed by atoms with Crippen LogP contribution in [0.4, 0.5) is 11.4 Å². The van der Waals surface area contributed by atoms with E-state index in [1.54, 1.807) is 19.1 Å². The van der Waals surface area contributed by atoms with Gasteiger partial charge in [0.15, 0.2) is 0 Å². The standard InChI is InChI=1S/C18H19N3O5S2/c1-4-10-19-28(25,26)16-7-5-6-14(11-16)18(22)20-15-9-8-13(2)17(12-15)21-27(3,23)24/h1,5-9,11-12,19,21H,10H2,2-3H3,(H,20,22). The van der Waals surface area contributed by atoms with Crippen molar-refractivity contribution in [3.8, 4) is 12.3 Å². The van der Waals surface area contributed by atoms with E-state index in [1.807, 2.05) is 0 Å². The van der Waals surface area contributed by atoms with E-state index in [0.29, 0.717) is 16.9 Å². The molecule has 2 rings (SSSR count). The first kappa shape index (κ1) is 21.4. The van der Waals surface area contributed by atoms with Crippen LogP contribution >= 0.6 is 0 Å². The maximum Gasteiger partial charge on any atom is 0.255 e. The minimum atomic E-state index is -3.83. The highest BCUT2D eigenvalue weighted by molar-refractivity contribution is 7.92. The normalized spacial score (nSPS) is 11.5. The van der Waals surface area contributed by atoms with Gasteiger partial charge in [0.1, 0.15) is 0 Å². The lowest BCUT2D eigenvalue weighted by Gasteiger charge is -2.12. The molecular formula is C18H19N3O5S2. The average molecular weight is 422 g/mol. The molecule has 0 fully saturated rings. The number of terminal acetylenes is 1. The number of nitrogens with one attached hydrogen (secondary N) is 3. The molecule has 0 aliphatic heterocycles. The van der Waals surface area contributed by atoms with E-state index in [1.165, 1.54) is 30.3 Å². The Morgan fingerprint density at radius 1 is 1.11 bits per heavy atom. The summed E-state index contributed by atoms with van der Waals surface area (Å²) in [4.78, 5) is 12.4. The van der Waals surface area contributed by atoms with Gasteiger partial charge < -0.3 is 5.32 Å². The van der Waals surface area contributed by atoms with Gasteiger partial charge in [0.05, 0.1) is 23.4 Å². The summed E-state index contributed by atoms with van der Waals surface area (Å²) in [5.41, 5.74) is 1.47. The zero-order valence-electron chi connectivity index (χ0n) is 15.2. The Balaban J connectivity index is 2.26. The summed E-state index contributed by atoms with van der Waals surface area (Å²) < 4.78 is 51.7. The second-order valence-corrected chi connectivity index (χ2v) is 9.43. The lowest BCUT2D eigenvalue weighted by Crippen LogP contribution is -2.24. The smallest absolute Gasteiger partial charge is 0.255 e. The lowest BCUT2D eigenvalue weighted by molar-refractivity contribution is 0.102. The second-order valence-electron chi connectivity index (χ2n) is 5.91. The number of carbonyl (C=O) groups is 1. The van der Waals surface area contributed by atoms with Crippen molar-refractivity contribution >= 4 is 37.3 Å². The highest BCUT2D eigenvalue weighted by atomic mass is 32.2. The molecule has 148 valence electrons. The predicted octanol–water partition coefficient (Wildman–Crippen LogP) is 1.53. The van der Waals surface area contributed by atoms with Crippen LogP contribution in [0.3, 0.4) is 0 Å². The van der Waals surface area contributed by atoms with Gasteiger partial charge in [-0.25, -0.2) is 16.8 Å². The third-order valence-corrected chi connectivity index (χ3v) is 5.55. The molecule has 28 heavy (non-hydrogen) atoms. The van der Waals surface area contributed by atoms with E-state index in [-0.39, 0.29) is 17.0 Å². The van der Waals surface area contributed by atoms with E-state index in [0.717, 1.165) is 6.26 Å². The van der Waals surface area contributed by atoms with Gasteiger partial charge in [-0.05, 0) is 42.8 Å². The van der Waals surface area contributed by atoms with Crippen molar-refractivity contribution in [2.75, 3.05) is 22.8 Å². The fourth-order valence-corrected chi connectivity index (χ4v) is 3.84. The molecule has 0 aliphatic carbocycles. The Kier molecular flexibility index (Phi) is 6.45. The predicted molar refractivity (Wildman–Crippen MR) is 108 cm³/mol. The topological polar surface area (TPSA) is 121 Å². The molecule has 0 radical (unpaired) electrons. The summed E-state index contributed by atoms with van der Waals surface area (Å²) in [6, 6.07) is 10.2. The molecule has 0 saturated heterocycles. The van der Waals surface area contributed by atoms with Gasteiger partial charge in [-0.2, -0.15) is 4.72 Å². The Labute approximate surface area is 164 Å². The first-order valence-corrected chi connectivity index (χ1v) is 11.3. The average Bonchev–Trinajstić information content (AvgIpc) is 2.62. The van der Waals surface area contributed by atoms with Gasteiger partial charge in [0.25, 0.3) is 5.91 Å². The van der Waals surface area contributed by atoms with Crippen molar-refractivity contribution in [1.82, 2.24) is 4.72 Å². The Morgan fingerprint density at radius 3 is 2.46 bits per heavy atom. The Morgan fingerprint density at radius 2 is 1.82 bits per heavy atom. The number of rotatable bonds is 7. The van der Waals surface area contributed by atoms with Crippen LogP contribution in [0.2, 0.25) is 0 Å². The number of sulfonamides is 2. The van der Waals surface area contributed by atoms with Crippen molar-refractivity contribution in [3.05, 3.63) is 53.6 Å². The second kappa shape index (κ2) is 8.43. The molecule has 0 spiro atoms. The van der Waals surface area contributed by atoms with Crippen LogP contribution in [0.5, 0.6) is 0 Å². The van der Waals surface area contributed by atoms with Crippen LogP contribution in [0, 0.1) is 19.3 Å². The van der Waals surface area contributed by atoms with Gasteiger partial charge >= 0.3 is 0 Å². The van der Waals surface area contributed by atoms with Crippen molar-refractivity contribution in [3.63, 3.8) is 0 Å². The molecule has 1 amide bonds. The monoisotopic (exact) mass is 421 g/mol. The molecule has 0 unspecified atom stereocenters. The highest BCUT2D eigenvalue weighted by Gasteiger charge is 2.16. The van der Waals surface area contributed by atoms with Crippen LogP contribution in [0.25, 0.3) is 0 Å². The molecule has 0 saturated carbocycles. The van der Waals surface area contributed by atoms with E-state index in [9.17, 15) is 21.6 Å². The molecule has 0 heterocycles. The third-order valence-electron chi connectivity index (χ3n) is 3.56. The molecule has 0 aromatic heterocycles. The number of aryl methyl sites for hydroxylation is 1. The molecule has 0 atom stereocenters. The summed E-state index contributed by atoms with van der Waals surface area (Å²) in [6.45, 7) is 1.55. The first-order chi connectivity index (χ1) is 13.0. The highest BCUT2D eigenvalue weighted by Crippen LogP contribution is 2.22. The minimum Gasteiger partial charge on any atom is -0.322 e. The fraction of sp³-hybridized carbons (Fsp3) is 0.167. The molecule has 0 aliphatic rings. The van der Waals surface area contributed by atoms with E-state index < -0.39 is 26.0 Å². The summed E-state index contributed by atoms with van der Waals surface area (Å²) in [5.74, 6) is 1.62. The molecule has 3 N–H and O–H groups in total. The van der Waals surface area contributed by atoms with Gasteiger partial charge in [0.2, 0.25) is 20.0 Å². The number of hydrogen-bond acceptors (Lipinski definition) is 5. The van der Waals surface area contributed by atoms with E-state index in [4.69, 9.17) is 6.42 Å². The maximum atomic E-state index is 12.5. The van der Waals surface area contributed by atoms with Crippen molar-refractivity contribution in [1.29, 1.82) is 0 Å². The third kappa shape index (κ3) is 5.82. The lowest BCUT2D eigenvalue weighted by atomic mass is 10.1. The van der Waals surface area contributed by atoms with Gasteiger partial charge in [-0.1, -0.05) is 18.1 Å². The maximum absolute atomic E-state index is 12.5. The van der Waals surface area contributed by atoms with Crippen molar-refractivity contribution in [2.24, 2.45) is 0 Å². The molecule has 0 bridgehead atoms. The number of benzene rings is 2. The van der Waals surface area contributed by atoms with Crippen LogP contribution < -0.4 is 14.8 Å². The van der Waals surface area contributed by atoms with Crippen LogP contribution in [0.15, 0.2) is 47.4 Å². The van der Waals surface area contributed by atoms with Gasteiger partial charge in [-0.3, -0.25) is 9.52 Å². The molecule has 2 aromatic rings. The first-order valence-electron chi connectivity index (χ1n) is 7.95. The van der Waals surface area contributed by atoms with Crippen LogP contribution in [-0.2, 0) is 20.0 Å². The number of carbonyl (C=O) groups excluding carboxylic acids is 1. The van der Waals surface area contributed by atoms with Crippen LogP contribution in [-0.4, -0.2) is 35.5 Å². The Bertz CT molecular complexity index is 1150. The minimum absolute atomic E-state index is 0.0984. The van der Waals surface area contributed by atoms with Crippen LogP contribution in [0.1, 0.15) is 15.9 Å². The molecule has 10 heteroatoms. The van der Waals surface area contributed by atoms with Gasteiger partial charge in [-0.15, -0.1) is 6.42 Å². The quantitative estimate of drug-likeness (QED) is 0.586. The van der Waals surface area contributed by atoms with Gasteiger partial charge in [0, 0.05) is 11.3 Å². The SMILES string of the molecule is C#CCNS(=O)(=O)c1cccc(C(=O)Nc2ccc(C)c(NS(C)(=O)=O)c2)c1. The number of amides is 1. The summed E-state index contributed by atoms with van der Waals surface area (Å²) >= 11 is 0.